The van der Waals surface area contributed by atoms with Crippen molar-refractivity contribution in [2.24, 2.45) is 0 Å². The van der Waals surface area contributed by atoms with Crippen LogP contribution in [0, 0.1) is 6.92 Å². The maximum atomic E-state index is 12.6. The number of aryl methyl sites for hydroxylation is 1. The fourth-order valence-corrected chi connectivity index (χ4v) is 4.33. The van der Waals surface area contributed by atoms with Gasteiger partial charge in [0.25, 0.3) is 10.0 Å². The zero-order valence-electron chi connectivity index (χ0n) is 15.2. The van der Waals surface area contributed by atoms with E-state index in [0.717, 1.165) is 23.2 Å². The Morgan fingerprint density at radius 2 is 1.57 bits per heavy atom. The van der Waals surface area contributed by atoms with Crippen LogP contribution in [0.4, 0.5) is 5.69 Å². The zero-order valence-corrected chi connectivity index (χ0v) is 23.1. The van der Waals surface area contributed by atoms with Crippen molar-refractivity contribution < 1.29 is 131 Å². The van der Waals surface area contributed by atoms with Crippen LogP contribution in [-0.2, 0) is 10.0 Å². The molecule has 0 spiro atoms. The summed E-state index contributed by atoms with van der Waals surface area (Å²) in [6, 6.07) is 7.10. The van der Waals surface area contributed by atoms with Gasteiger partial charge in [0, 0.05) is 0 Å². The second-order valence-electron chi connectivity index (χ2n) is 5.34. The van der Waals surface area contributed by atoms with Crippen molar-refractivity contribution in [1.82, 2.24) is 4.98 Å². The van der Waals surface area contributed by atoms with Gasteiger partial charge in [-0.1, -0.05) is 0 Å². The summed E-state index contributed by atoms with van der Waals surface area (Å²) in [6.45, 7) is 1.80. The smallest absolute Gasteiger partial charge is 0.545 e. The van der Waals surface area contributed by atoms with Gasteiger partial charge in [0.2, 0.25) is 0 Å². The second kappa shape index (κ2) is 10.5. The number of carboxylic acids is 2. The van der Waals surface area contributed by atoms with E-state index in [1.54, 1.807) is 13.0 Å². The quantitative estimate of drug-likeness (QED) is 0.368. The number of anilines is 1. The number of nitrogens with zero attached hydrogens (tertiary/aromatic N) is 1. The summed E-state index contributed by atoms with van der Waals surface area (Å²) in [7, 11) is -4.08. The van der Waals surface area contributed by atoms with Crippen molar-refractivity contribution >= 4 is 49.2 Å². The number of fused-ring (bicyclic) bond motifs is 1. The van der Waals surface area contributed by atoms with Crippen molar-refractivity contribution in [2.45, 2.75) is 11.8 Å². The standard InChI is InChI=1S/C16H12N2O6S2.2K/c1-8-17-13-3-2-12(7-14(13)25-8)26(23,24)18-11-5-9(15(19)20)4-10(6-11)16(21)22;;/h2-7,18H,1H3,(H,19,20)(H,21,22);;/q;2*+1/p-2. The van der Waals surface area contributed by atoms with Gasteiger partial charge in [-0.25, -0.2) is 13.4 Å². The fourth-order valence-electron chi connectivity index (χ4n) is 2.32. The summed E-state index contributed by atoms with van der Waals surface area (Å²) in [6.07, 6.45) is 0. The first kappa shape index (κ1) is 26.3. The molecule has 0 amide bonds. The molecule has 3 rings (SSSR count). The third-order valence-corrected chi connectivity index (χ3v) is 5.75. The van der Waals surface area contributed by atoms with E-state index in [2.05, 4.69) is 9.71 Å². The van der Waals surface area contributed by atoms with Crippen molar-refractivity contribution in [3.8, 4) is 0 Å². The number of nitrogens with one attached hydrogen (secondary N) is 1. The number of rotatable bonds is 5. The Morgan fingerprint density at radius 3 is 2.11 bits per heavy atom. The first-order valence-electron chi connectivity index (χ1n) is 7.13. The summed E-state index contributed by atoms with van der Waals surface area (Å²) in [5.74, 6) is -3.29. The molecule has 0 fully saturated rings. The molecule has 1 heterocycles. The van der Waals surface area contributed by atoms with E-state index in [0.29, 0.717) is 10.2 Å². The Kier molecular flexibility index (Phi) is 9.92. The number of benzene rings is 2. The minimum absolute atomic E-state index is 0. The molecule has 134 valence electrons. The van der Waals surface area contributed by atoms with Gasteiger partial charge in [-0.2, -0.15) is 0 Å². The third-order valence-electron chi connectivity index (χ3n) is 3.43. The number of sulfonamides is 1. The van der Waals surface area contributed by atoms with Crippen LogP contribution in [0.2, 0.25) is 0 Å². The molecule has 0 saturated heterocycles. The Balaban J connectivity index is 0.00000196. The van der Waals surface area contributed by atoms with Crippen LogP contribution in [0.25, 0.3) is 10.2 Å². The molecule has 0 atom stereocenters. The first-order valence-corrected chi connectivity index (χ1v) is 9.43. The number of hydrogen-bond donors (Lipinski definition) is 1. The number of carbonyl (C=O) groups is 2. The zero-order chi connectivity index (χ0) is 19.1. The Bertz CT molecular complexity index is 1130. The Hall–Kier alpha value is 0.293. The van der Waals surface area contributed by atoms with E-state index in [1.807, 2.05) is 0 Å². The first-order chi connectivity index (χ1) is 12.2. The normalized spacial score (nSPS) is 10.6. The van der Waals surface area contributed by atoms with Crippen molar-refractivity contribution in [3.63, 3.8) is 0 Å². The van der Waals surface area contributed by atoms with E-state index < -0.39 is 33.1 Å². The van der Waals surface area contributed by atoms with Crippen LogP contribution in [0.5, 0.6) is 0 Å². The summed E-state index contributed by atoms with van der Waals surface area (Å²) >= 11 is 1.33. The molecule has 0 radical (unpaired) electrons. The largest absolute Gasteiger partial charge is 1.00 e. The molecule has 2 aromatic carbocycles. The van der Waals surface area contributed by atoms with Gasteiger partial charge in [0.1, 0.15) is 0 Å². The fraction of sp³-hybridized carbons (Fsp3) is 0.0625. The molecule has 0 unspecified atom stereocenters. The number of thiazole rings is 1. The molecule has 0 aliphatic heterocycles. The predicted octanol–water partition coefficient (Wildman–Crippen LogP) is -5.86. The molecule has 28 heavy (non-hydrogen) atoms. The predicted molar refractivity (Wildman–Crippen MR) is 90.3 cm³/mol. The van der Waals surface area contributed by atoms with Gasteiger partial charge >= 0.3 is 103 Å². The second-order valence-corrected chi connectivity index (χ2v) is 8.26. The maximum absolute atomic E-state index is 12.6. The molecule has 1 N–H and O–H groups in total. The minimum Gasteiger partial charge on any atom is -0.545 e. The number of carboxylic acid groups (broad SMARTS) is 2. The Labute approximate surface area is 249 Å². The molecule has 3 aromatic rings. The summed E-state index contributed by atoms with van der Waals surface area (Å²) < 4.78 is 28.0. The number of aromatic nitrogens is 1. The molecular formula is C16H10K2N2O6S2. The summed E-state index contributed by atoms with van der Waals surface area (Å²) in [5.41, 5.74) is -0.549. The van der Waals surface area contributed by atoms with Gasteiger partial charge in [-0.15, -0.1) is 11.3 Å². The number of carbonyl (C=O) groups excluding carboxylic acids is 2. The molecular weight excluding hydrogens is 459 g/mol. The molecule has 12 heteroatoms. The monoisotopic (exact) mass is 468 g/mol. The van der Waals surface area contributed by atoms with Gasteiger partial charge in [-0.3, -0.25) is 4.72 Å². The average Bonchev–Trinajstić information content (AvgIpc) is 2.93. The van der Waals surface area contributed by atoms with Crippen molar-refractivity contribution in [1.29, 1.82) is 0 Å². The summed E-state index contributed by atoms with van der Waals surface area (Å²) in [5, 5.41) is 22.8. The van der Waals surface area contributed by atoms with Gasteiger partial charge in [-0.05, 0) is 54.4 Å². The number of hydrogen-bond acceptors (Lipinski definition) is 8. The number of aromatic carboxylic acids is 2. The van der Waals surface area contributed by atoms with E-state index in [1.165, 1.54) is 23.5 Å². The Morgan fingerprint density at radius 1 is 1.00 bits per heavy atom. The van der Waals surface area contributed by atoms with E-state index in [-0.39, 0.29) is 113 Å². The van der Waals surface area contributed by atoms with Crippen molar-refractivity contribution in [3.05, 3.63) is 52.5 Å². The van der Waals surface area contributed by atoms with E-state index in [4.69, 9.17) is 0 Å². The maximum Gasteiger partial charge on any atom is 1.00 e. The van der Waals surface area contributed by atoms with Crippen LogP contribution in [0.15, 0.2) is 41.3 Å². The summed E-state index contributed by atoms with van der Waals surface area (Å²) in [4.78, 5) is 26.2. The third kappa shape index (κ3) is 6.15. The molecule has 0 aliphatic rings. The molecule has 0 aliphatic carbocycles. The topological polar surface area (TPSA) is 139 Å². The van der Waals surface area contributed by atoms with Crippen LogP contribution >= 0.6 is 11.3 Å². The minimum atomic E-state index is -4.08. The van der Waals surface area contributed by atoms with Crippen molar-refractivity contribution in [2.75, 3.05) is 4.72 Å². The molecule has 0 bridgehead atoms. The van der Waals surface area contributed by atoms with Crippen LogP contribution in [0.1, 0.15) is 25.7 Å². The van der Waals surface area contributed by atoms with Gasteiger partial charge in [0.05, 0.1) is 37.7 Å². The molecule has 1 aromatic heterocycles. The van der Waals surface area contributed by atoms with Gasteiger partial charge < -0.3 is 19.8 Å². The van der Waals surface area contributed by atoms with Crippen LogP contribution < -0.4 is 118 Å². The van der Waals surface area contributed by atoms with E-state index in [9.17, 15) is 28.2 Å². The molecule has 0 saturated carbocycles. The SMILES string of the molecule is Cc1nc2ccc(S(=O)(=O)Nc3cc(C(=O)[O-])cc(C(=O)[O-])c3)cc2s1.[K+].[K+]. The average molecular weight is 469 g/mol. The molecule has 8 nitrogen and oxygen atoms in total. The van der Waals surface area contributed by atoms with Crippen LogP contribution in [0.3, 0.4) is 0 Å². The van der Waals surface area contributed by atoms with E-state index >= 15 is 0 Å². The van der Waals surface area contributed by atoms with Gasteiger partial charge in [0.15, 0.2) is 0 Å². The van der Waals surface area contributed by atoms with Crippen LogP contribution in [-0.4, -0.2) is 25.3 Å².